The lowest BCUT2D eigenvalue weighted by Gasteiger charge is -2.33. The van der Waals surface area contributed by atoms with E-state index in [1.807, 2.05) is 0 Å². The Morgan fingerprint density at radius 3 is 2.42 bits per heavy atom. The molecule has 0 bridgehead atoms. The molecule has 1 heteroatoms. The Morgan fingerprint density at radius 1 is 1.08 bits per heavy atom. The standard InChI is InChI=1S/C11H17N/c12-9-10-4-7-11(8-10)5-2-1-3-6-11/h10H,1-8H2. The van der Waals surface area contributed by atoms with Crippen LogP contribution in [0.1, 0.15) is 51.4 Å². The highest BCUT2D eigenvalue weighted by Crippen LogP contribution is 2.50. The predicted molar refractivity (Wildman–Crippen MR) is 48.5 cm³/mol. The zero-order valence-electron chi connectivity index (χ0n) is 7.68. The summed E-state index contributed by atoms with van der Waals surface area (Å²) in [5.41, 5.74) is 0.624. The molecular weight excluding hydrogens is 146 g/mol. The first kappa shape index (κ1) is 8.10. The van der Waals surface area contributed by atoms with Crippen molar-refractivity contribution < 1.29 is 0 Å². The maximum absolute atomic E-state index is 8.83. The van der Waals surface area contributed by atoms with Gasteiger partial charge in [-0.25, -0.2) is 0 Å². The van der Waals surface area contributed by atoms with Crippen LogP contribution in [0.15, 0.2) is 0 Å². The fraction of sp³-hybridized carbons (Fsp3) is 0.909. The second-order valence-corrected chi connectivity index (χ2v) is 4.63. The van der Waals surface area contributed by atoms with Gasteiger partial charge in [-0.15, -0.1) is 0 Å². The third kappa shape index (κ3) is 1.35. The van der Waals surface area contributed by atoms with Gasteiger partial charge in [0.15, 0.2) is 0 Å². The van der Waals surface area contributed by atoms with Crippen LogP contribution in [0.25, 0.3) is 0 Å². The van der Waals surface area contributed by atoms with Crippen molar-refractivity contribution in [2.45, 2.75) is 51.4 Å². The van der Waals surface area contributed by atoms with Gasteiger partial charge in [-0.05, 0) is 37.5 Å². The molecule has 0 aromatic carbocycles. The molecule has 0 heterocycles. The fourth-order valence-electron chi connectivity index (χ4n) is 3.07. The van der Waals surface area contributed by atoms with Gasteiger partial charge in [-0.2, -0.15) is 5.26 Å². The van der Waals surface area contributed by atoms with Crippen molar-refractivity contribution in [1.82, 2.24) is 0 Å². The Balaban J connectivity index is 1.99. The van der Waals surface area contributed by atoms with Crippen molar-refractivity contribution in [3.63, 3.8) is 0 Å². The summed E-state index contributed by atoms with van der Waals surface area (Å²) in [6.45, 7) is 0. The molecule has 2 aliphatic carbocycles. The smallest absolute Gasteiger partial charge is 0.0655 e. The van der Waals surface area contributed by atoms with Gasteiger partial charge in [-0.1, -0.05) is 19.3 Å². The van der Waals surface area contributed by atoms with Crippen LogP contribution in [0.3, 0.4) is 0 Å². The van der Waals surface area contributed by atoms with Gasteiger partial charge in [0.1, 0.15) is 0 Å². The molecule has 1 nitrogen and oxygen atoms in total. The highest BCUT2D eigenvalue weighted by molar-refractivity contribution is 4.98. The van der Waals surface area contributed by atoms with Crippen LogP contribution in [-0.4, -0.2) is 0 Å². The minimum atomic E-state index is 0.392. The Labute approximate surface area is 74.8 Å². The quantitative estimate of drug-likeness (QED) is 0.537. The SMILES string of the molecule is N#CC1CCC2(CCCCC2)C1. The summed E-state index contributed by atoms with van der Waals surface area (Å²) >= 11 is 0. The first-order valence-corrected chi connectivity index (χ1v) is 5.24. The highest BCUT2D eigenvalue weighted by Gasteiger charge is 2.39. The van der Waals surface area contributed by atoms with Crippen LogP contribution in [0.2, 0.25) is 0 Å². The van der Waals surface area contributed by atoms with Crippen LogP contribution in [0.5, 0.6) is 0 Å². The van der Waals surface area contributed by atoms with Gasteiger partial charge in [0, 0.05) is 5.92 Å². The van der Waals surface area contributed by atoms with Gasteiger partial charge >= 0.3 is 0 Å². The van der Waals surface area contributed by atoms with Gasteiger partial charge in [-0.3, -0.25) is 0 Å². The van der Waals surface area contributed by atoms with E-state index in [2.05, 4.69) is 6.07 Å². The Hall–Kier alpha value is -0.510. The number of rotatable bonds is 0. The molecule has 2 aliphatic rings. The molecule has 0 aromatic rings. The summed E-state index contributed by atoms with van der Waals surface area (Å²) in [6.07, 6.45) is 10.8. The molecule has 0 aromatic heterocycles. The third-order valence-corrected chi connectivity index (χ3v) is 3.80. The lowest BCUT2D eigenvalue weighted by Crippen LogP contribution is -2.20. The van der Waals surface area contributed by atoms with Crippen molar-refractivity contribution in [1.29, 1.82) is 5.26 Å². The van der Waals surface area contributed by atoms with Crippen molar-refractivity contribution >= 4 is 0 Å². The molecule has 0 aliphatic heterocycles. The number of hydrogen-bond donors (Lipinski definition) is 0. The lowest BCUT2D eigenvalue weighted by atomic mass is 9.72. The minimum Gasteiger partial charge on any atom is -0.198 e. The Bertz CT molecular complexity index is 196. The van der Waals surface area contributed by atoms with Crippen molar-refractivity contribution in [3.8, 4) is 6.07 Å². The normalized spacial score (nSPS) is 33.4. The largest absolute Gasteiger partial charge is 0.198 e. The van der Waals surface area contributed by atoms with E-state index in [1.54, 1.807) is 0 Å². The summed E-state index contributed by atoms with van der Waals surface area (Å²) < 4.78 is 0. The molecule has 2 saturated carbocycles. The molecule has 2 rings (SSSR count). The van der Waals surface area contributed by atoms with E-state index in [0.29, 0.717) is 11.3 Å². The predicted octanol–water partition coefficient (Wildman–Crippen LogP) is 3.26. The van der Waals surface area contributed by atoms with Crippen molar-refractivity contribution in [2.75, 3.05) is 0 Å². The molecule has 1 atom stereocenters. The molecule has 1 spiro atoms. The zero-order valence-corrected chi connectivity index (χ0v) is 7.68. The summed E-state index contributed by atoms with van der Waals surface area (Å²) in [5, 5.41) is 8.83. The molecule has 0 radical (unpaired) electrons. The van der Waals surface area contributed by atoms with E-state index in [-0.39, 0.29) is 0 Å². The molecule has 0 N–H and O–H groups in total. The summed E-state index contributed by atoms with van der Waals surface area (Å²) in [4.78, 5) is 0. The van der Waals surface area contributed by atoms with Crippen molar-refractivity contribution in [2.24, 2.45) is 11.3 Å². The molecule has 0 amide bonds. The van der Waals surface area contributed by atoms with E-state index in [4.69, 9.17) is 5.26 Å². The molecule has 2 fully saturated rings. The van der Waals surface area contributed by atoms with E-state index >= 15 is 0 Å². The van der Waals surface area contributed by atoms with Crippen LogP contribution in [0.4, 0.5) is 0 Å². The molecule has 1 unspecified atom stereocenters. The average Bonchev–Trinajstić information content (AvgIpc) is 2.50. The van der Waals surface area contributed by atoms with E-state index in [9.17, 15) is 0 Å². The van der Waals surface area contributed by atoms with Gasteiger partial charge in [0.05, 0.1) is 6.07 Å². The first-order valence-electron chi connectivity index (χ1n) is 5.24. The van der Waals surface area contributed by atoms with Crippen LogP contribution in [0, 0.1) is 22.7 Å². The second-order valence-electron chi connectivity index (χ2n) is 4.63. The van der Waals surface area contributed by atoms with Gasteiger partial charge < -0.3 is 0 Å². The second kappa shape index (κ2) is 3.09. The van der Waals surface area contributed by atoms with E-state index < -0.39 is 0 Å². The topological polar surface area (TPSA) is 23.8 Å². The lowest BCUT2D eigenvalue weighted by molar-refractivity contribution is 0.193. The van der Waals surface area contributed by atoms with Crippen LogP contribution in [-0.2, 0) is 0 Å². The van der Waals surface area contributed by atoms with Crippen LogP contribution >= 0.6 is 0 Å². The van der Waals surface area contributed by atoms with E-state index in [0.717, 1.165) is 0 Å². The number of hydrogen-bond acceptors (Lipinski definition) is 1. The Morgan fingerprint density at radius 2 is 1.83 bits per heavy atom. The number of nitrogens with zero attached hydrogens (tertiary/aromatic N) is 1. The summed E-state index contributed by atoms with van der Waals surface area (Å²) in [5.74, 6) is 0.392. The minimum absolute atomic E-state index is 0.392. The van der Waals surface area contributed by atoms with Gasteiger partial charge in [0.25, 0.3) is 0 Å². The molecule has 12 heavy (non-hydrogen) atoms. The average molecular weight is 163 g/mol. The molecule has 66 valence electrons. The van der Waals surface area contributed by atoms with Crippen molar-refractivity contribution in [3.05, 3.63) is 0 Å². The maximum Gasteiger partial charge on any atom is 0.0655 e. The van der Waals surface area contributed by atoms with Crippen LogP contribution < -0.4 is 0 Å². The number of nitriles is 1. The fourth-order valence-corrected chi connectivity index (χ4v) is 3.07. The zero-order chi connectivity index (χ0) is 8.44. The van der Waals surface area contributed by atoms with E-state index in [1.165, 1.54) is 51.4 Å². The summed E-state index contributed by atoms with van der Waals surface area (Å²) in [7, 11) is 0. The first-order chi connectivity index (χ1) is 5.85. The molecule has 0 saturated heterocycles. The summed E-state index contributed by atoms with van der Waals surface area (Å²) in [6, 6.07) is 2.44. The third-order valence-electron chi connectivity index (χ3n) is 3.80. The highest BCUT2D eigenvalue weighted by atomic mass is 14.4. The molecular formula is C11H17N. The van der Waals surface area contributed by atoms with Gasteiger partial charge in [0.2, 0.25) is 0 Å². The monoisotopic (exact) mass is 163 g/mol. The Kier molecular flexibility index (Phi) is 2.09. The maximum atomic E-state index is 8.83.